The van der Waals surface area contributed by atoms with Crippen LogP contribution in [0, 0.1) is 23.7 Å². The zero-order valence-corrected chi connectivity index (χ0v) is 10.3. The summed E-state index contributed by atoms with van der Waals surface area (Å²) in [4.78, 5) is 23.3. The molecule has 0 N–H and O–H groups in total. The van der Waals surface area contributed by atoms with Crippen molar-refractivity contribution in [2.45, 2.75) is 16.4 Å². The van der Waals surface area contributed by atoms with E-state index in [1.807, 2.05) is 0 Å². The number of carbonyl (C=O) groups excluding carboxylic acids is 2. The molecule has 6 atom stereocenters. The van der Waals surface area contributed by atoms with Crippen LogP contribution in [0.4, 0.5) is 0 Å². The van der Waals surface area contributed by atoms with Crippen molar-refractivity contribution < 1.29 is 19.1 Å². The van der Waals surface area contributed by atoms with Gasteiger partial charge >= 0.3 is 11.9 Å². The molecular formula is C10H11IO4. The highest BCUT2D eigenvalue weighted by atomic mass is 127. The van der Waals surface area contributed by atoms with Crippen LogP contribution in [0.25, 0.3) is 0 Å². The lowest BCUT2D eigenvalue weighted by atomic mass is 9.80. The summed E-state index contributed by atoms with van der Waals surface area (Å²) in [7, 11) is 1.38. The molecule has 1 unspecified atom stereocenters. The molecule has 15 heavy (non-hydrogen) atoms. The molecule has 0 aromatic carbocycles. The van der Waals surface area contributed by atoms with E-state index in [4.69, 9.17) is 9.47 Å². The van der Waals surface area contributed by atoms with Gasteiger partial charge in [-0.1, -0.05) is 22.6 Å². The smallest absolute Gasteiger partial charge is 0.310 e. The van der Waals surface area contributed by atoms with Gasteiger partial charge in [0.15, 0.2) is 0 Å². The minimum absolute atomic E-state index is 0.0500. The summed E-state index contributed by atoms with van der Waals surface area (Å²) in [5.74, 6) is -0.391. The van der Waals surface area contributed by atoms with E-state index in [0.717, 1.165) is 6.42 Å². The zero-order valence-electron chi connectivity index (χ0n) is 8.18. The van der Waals surface area contributed by atoms with Crippen LogP contribution in [0.2, 0.25) is 0 Å². The van der Waals surface area contributed by atoms with Gasteiger partial charge in [-0.15, -0.1) is 0 Å². The molecule has 0 amide bonds. The van der Waals surface area contributed by atoms with Gasteiger partial charge in [0.25, 0.3) is 0 Å². The Bertz CT molecular complexity index is 342. The lowest BCUT2D eigenvalue weighted by Gasteiger charge is -2.26. The molecule has 0 aromatic heterocycles. The number of methoxy groups -OCH3 is 1. The van der Waals surface area contributed by atoms with Gasteiger partial charge in [-0.05, 0) is 12.3 Å². The Kier molecular flexibility index (Phi) is 2.03. The van der Waals surface area contributed by atoms with Gasteiger partial charge in [0.1, 0.15) is 6.10 Å². The molecule has 1 saturated heterocycles. The molecule has 82 valence electrons. The van der Waals surface area contributed by atoms with Crippen LogP contribution in [0.15, 0.2) is 0 Å². The summed E-state index contributed by atoms with van der Waals surface area (Å²) in [6.07, 6.45) is 0.989. The normalized spacial score (nSPS) is 50.7. The molecule has 3 rings (SSSR count). The Morgan fingerprint density at radius 1 is 1.53 bits per heavy atom. The van der Waals surface area contributed by atoms with E-state index in [1.165, 1.54) is 7.11 Å². The quantitative estimate of drug-likeness (QED) is 0.407. The second-order valence-electron chi connectivity index (χ2n) is 4.48. The number of carbonyl (C=O) groups is 2. The maximum atomic E-state index is 11.6. The number of hydrogen-bond donors (Lipinski definition) is 0. The molecule has 1 heterocycles. The first kappa shape index (κ1) is 9.86. The largest absolute Gasteiger partial charge is 0.469 e. The Morgan fingerprint density at radius 3 is 2.93 bits per heavy atom. The number of hydrogen-bond acceptors (Lipinski definition) is 4. The number of fused-ring (bicyclic) bond motifs is 1. The van der Waals surface area contributed by atoms with Crippen LogP contribution in [-0.4, -0.2) is 29.1 Å². The Morgan fingerprint density at radius 2 is 2.27 bits per heavy atom. The van der Waals surface area contributed by atoms with E-state index in [1.54, 1.807) is 0 Å². The average molecular weight is 322 g/mol. The molecular weight excluding hydrogens is 311 g/mol. The zero-order chi connectivity index (χ0) is 10.7. The van der Waals surface area contributed by atoms with Gasteiger partial charge < -0.3 is 9.47 Å². The Balaban J connectivity index is 1.98. The van der Waals surface area contributed by atoms with Gasteiger partial charge in [0, 0.05) is 5.92 Å². The number of halogens is 1. The monoisotopic (exact) mass is 322 g/mol. The van der Waals surface area contributed by atoms with Gasteiger partial charge in [-0.25, -0.2) is 0 Å². The molecule has 2 bridgehead atoms. The number of rotatable bonds is 1. The van der Waals surface area contributed by atoms with Crippen molar-refractivity contribution in [2.24, 2.45) is 23.7 Å². The van der Waals surface area contributed by atoms with Crippen LogP contribution in [0.1, 0.15) is 6.42 Å². The fraction of sp³-hybridized carbons (Fsp3) is 0.800. The van der Waals surface area contributed by atoms with E-state index in [2.05, 4.69) is 22.6 Å². The van der Waals surface area contributed by atoms with Gasteiger partial charge in [-0.2, -0.15) is 0 Å². The Labute approximate surface area is 101 Å². The molecule has 0 aromatic rings. The van der Waals surface area contributed by atoms with Crippen molar-refractivity contribution in [1.82, 2.24) is 0 Å². The van der Waals surface area contributed by atoms with Crippen molar-refractivity contribution in [1.29, 1.82) is 0 Å². The minimum atomic E-state index is -0.256. The van der Waals surface area contributed by atoms with Crippen molar-refractivity contribution in [3.8, 4) is 0 Å². The summed E-state index contributed by atoms with van der Waals surface area (Å²) in [5, 5.41) is 0. The number of alkyl halides is 1. The summed E-state index contributed by atoms with van der Waals surface area (Å²) >= 11 is 2.30. The van der Waals surface area contributed by atoms with Crippen molar-refractivity contribution >= 4 is 34.5 Å². The van der Waals surface area contributed by atoms with E-state index in [9.17, 15) is 9.59 Å². The molecule has 2 saturated carbocycles. The molecule has 4 nitrogen and oxygen atoms in total. The standard InChI is InChI=1S/C10H11IO4/c1-14-9(12)5-3-2-4-6(5)10(13)15-8(4)7(3)11/h3-8H,2H2,1H3/t3-,4+,5+,6+,7-,8?/m0/s1. The highest BCUT2D eigenvalue weighted by Gasteiger charge is 2.68. The topological polar surface area (TPSA) is 52.6 Å². The molecule has 3 aliphatic rings. The summed E-state index contributed by atoms with van der Waals surface area (Å²) in [6.45, 7) is 0. The predicted octanol–water partition coefficient (Wildman–Crippen LogP) is 0.770. The molecule has 0 radical (unpaired) electrons. The summed E-state index contributed by atoms with van der Waals surface area (Å²) < 4.78 is 10.4. The van der Waals surface area contributed by atoms with Crippen LogP contribution in [0.3, 0.4) is 0 Å². The van der Waals surface area contributed by atoms with E-state index in [-0.39, 0.29) is 45.6 Å². The molecule has 2 aliphatic carbocycles. The van der Waals surface area contributed by atoms with Crippen LogP contribution in [-0.2, 0) is 19.1 Å². The third-order valence-electron chi connectivity index (χ3n) is 4.00. The van der Waals surface area contributed by atoms with Crippen LogP contribution >= 0.6 is 22.6 Å². The fourth-order valence-electron chi connectivity index (χ4n) is 3.43. The van der Waals surface area contributed by atoms with Crippen molar-refractivity contribution in [3.05, 3.63) is 0 Å². The maximum Gasteiger partial charge on any atom is 0.310 e. The molecule has 3 fully saturated rings. The lowest BCUT2D eigenvalue weighted by Crippen LogP contribution is -2.38. The predicted molar refractivity (Wildman–Crippen MR) is 58.3 cm³/mol. The fourth-order valence-corrected chi connectivity index (χ4v) is 4.85. The second-order valence-corrected chi connectivity index (χ2v) is 5.92. The highest BCUT2D eigenvalue weighted by molar-refractivity contribution is 14.1. The first-order valence-corrected chi connectivity index (χ1v) is 6.32. The van der Waals surface area contributed by atoms with Gasteiger partial charge in [0.05, 0.1) is 22.9 Å². The molecule has 1 aliphatic heterocycles. The summed E-state index contributed by atoms with van der Waals surface area (Å²) in [6, 6.07) is 0. The van der Waals surface area contributed by atoms with E-state index in [0.29, 0.717) is 0 Å². The van der Waals surface area contributed by atoms with E-state index >= 15 is 0 Å². The van der Waals surface area contributed by atoms with Crippen LogP contribution in [0.5, 0.6) is 0 Å². The van der Waals surface area contributed by atoms with E-state index < -0.39 is 0 Å². The average Bonchev–Trinajstić information content (AvgIpc) is 2.80. The third-order valence-corrected chi connectivity index (χ3v) is 5.63. The first-order chi connectivity index (χ1) is 7.15. The third kappa shape index (κ3) is 1.07. The van der Waals surface area contributed by atoms with Crippen LogP contribution < -0.4 is 0 Å². The summed E-state index contributed by atoms with van der Waals surface area (Å²) in [5.41, 5.74) is 0. The van der Waals surface area contributed by atoms with Gasteiger partial charge in [-0.3, -0.25) is 9.59 Å². The molecule has 0 spiro atoms. The second kappa shape index (κ2) is 3.09. The first-order valence-electron chi connectivity index (χ1n) is 5.07. The number of esters is 2. The van der Waals surface area contributed by atoms with Crippen molar-refractivity contribution in [3.63, 3.8) is 0 Å². The number of ether oxygens (including phenoxy) is 2. The molecule has 5 heteroatoms. The minimum Gasteiger partial charge on any atom is -0.469 e. The maximum absolute atomic E-state index is 11.6. The lowest BCUT2D eigenvalue weighted by molar-refractivity contribution is -0.153. The highest BCUT2D eigenvalue weighted by Crippen LogP contribution is 2.60. The SMILES string of the molecule is COC(=O)[C@@H]1[C@@H]2C[C@H]3C(OC(=O)[C@@H]13)[C@H]2I. The van der Waals surface area contributed by atoms with Gasteiger partial charge in [0.2, 0.25) is 0 Å². The Hall–Kier alpha value is -0.330. The van der Waals surface area contributed by atoms with Crippen molar-refractivity contribution in [2.75, 3.05) is 7.11 Å².